The monoisotopic (exact) mass is 979 g/mol. The standard InChI is InChI=1S/C52H86N10O8/c53-27-11-9-13-35(31-46(56)64)57-49(67)40-17-3-7-21-44(40)61-52(70)39-16-2-6-20-43(39)60-48(66)32-36(14-10-12-28-54)58-50(68)41-18-4-8-22-45(41)62-51(69)38-15-1-5-19-42(38)59-47(65)30-34(55)29-33-23-25-37(63)26-24-33/h23-26,34-36,38-45,63H,1-22,27-32,53-55H2,(H2,56,64)(H,57,67)(H,58,68)(H,59,65)(H,60,66)(H,61,70)(H,62,69)/t34-,35-,36-,38-,39-,40-,41-,42-,43-,44-,45-/m0/s1. The molecule has 0 unspecified atom stereocenters. The summed E-state index contributed by atoms with van der Waals surface area (Å²) in [4.78, 5) is 94.9. The minimum absolute atomic E-state index is 0.0234. The zero-order chi connectivity index (χ0) is 50.4. The molecule has 11 atom stereocenters. The maximum Gasteiger partial charge on any atom is 0.225 e. The molecule has 1 aromatic rings. The highest BCUT2D eigenvalue weighted by Gasteiger charge is 2.40. The van der Waals surface area contributed by atoms with Crippen molar-refractivity contribution in [1.82, 2.24) is 31.9 Å². The van der Waals surface area contributed by atoms with Crippen molar-refractivity contribution >= 4 is 41.4 Å². The van der Waals surface area contributed by atoms with Crippen LogP contribution in [-0.2, 0) is 40.0 Å². The van der Waals surface area contributed by atoms with E-state index in [9.17, 15) is 38.7 Å². The van der Waals surface area contributed by atoms with E-state index >= 15 is 0 Å². The third kappa shape index (κ3) is 18.4. The summed E-state index contributed by atoms with van der Waals surface area (Å²) in [7, 11) is 0. The van der Waals surface area contributed by atoms with Crippen LogP contribution in [-0.4, -0.2) is 102 Å². The summed E-state index contributed by atoms with van der Waals surface area (Å²) in [6.07, 6.45) is 16.6. The molecule has 70 heavy (non-hydrogen) atoms. The first-order valence-corrected chi connectivity index (χ1v) is 26.8. The minimum atomic E-state index is -0.491. The summed E-state index contributed by atoms with van der Waals surface area (Å²) in [6, 6.07) is 3.89. The second kappa shape index (κ2) is 29.5. The Hall–Kier alpha value is -4.81. The molecular weight excluding hydrogens is 893 g/mol. The van der Waals surface area contributed by atoms with Crippen molar-refractivity contribution in [2.75, 3.05) is 13.1 Å². The molecule has 392 valence electrons. The third-order valence-corrected chi connectivity index (χ3v) is 15.2. The molecule has 5 rings (SSSR count). The summed E-state index contributed by atoms with van der Waals surface area (Å²) in [5.41, 5.74) is 24.3. The van der Waals surface area contributed by atoms with Gasteiger partial charge in [0.05, 0.1) is 23.7 Å². The van der Waals surface area contributed by atoms with Gasteiger partial charge in [0.1, 0.15) is 5.75 Å². The SMILES string of the molecule is NCCCC[C@@H](CC(N)=O)NC(=O)[C@H]1CCCC[C@@H]1NC(=O)[C@H]1CCCC[C@@H]1NC(=O)C[C@H](CCCCN)NC(=O)[C@H]1CCCC[C@@H]1NC(=O)[C@H]1CCCC[C@@H]1NC(=O)C[C@@H](N)Cc1ccc(O)cc1. The van der Waals surface area contributed by atoms with Crippen LogP contribution in [0.2, 0.25) is 0 Å². The second-order valence-electron chi connectivity index (χ2n) is 20.8. The summed E-state index contributed by atoms with van der Waals surface area (Å²) in [5, 5.41) is 28.5. The normalized spacial score (nSPS) is 26.0. The number of unbranched alkanes of at least 4 members (excludes halogenated alkanes) is 2. The van der Waals surface area contributed by atoms with Crippen LogP contribution in [0.5, 0.6) is 5.75 Å². The molecule has 1 aromatic carbocycles. The number of carbonyl (C=O) groups is 7. The molecule has 18 nitrogen and oxygen atoms in total. The lowest BCUT2D eigenvalue weighted by Gasteiger charge is -2.37. The molecule has 0 heterocycles. The molecular formula is C52H86N10O8. The van der Waals surface area contributed by atoms with Crippen molar-refractivity contribution < 1.29 is 38.7 Å². The van der Waals surface area contributed by atoms with Gasteiger partial charge >= 0.3 is 0 Å². The number of phenolic OH excluding ortho intramolecular Hbond substituents is 1. The average molecular weight is 979 g/mol. The van der Waals surface area contributed by atoms with Crippen molar-refractivity contribution in [3.8, 4) is 5.75 Å². The van der Waals surface area contributed by atoms with Gasteiger partial charge in [-0.2, -0.15) is 0 Å². The van der Waals surface area contributed by atoms with E-state index in [1.807, 2.05) is 0 Å². The van der Waals surface area contributed by atoms with Gasteiger partial charge in [0.25, 0.3) is 0 Å². The topological polar surface area (TPSA) is 316 Å². The van der Waals surface area contributed by atoms with E-state index in [2.05, 4.69) is 31.9 Å². The Morgan fingerprint density at radius 1 is 0.500 bits per heavy atom. The summed E-state index contributed by atoms with van der Waals surface area (Å²) in [5.74, 6) is -3.41. The fourth-order valence-electron chi connectivity index (χ4n) is 11.4. The number of hydrogen-bond acceptors (Lipinski definition) is 11. The predicted molar refractivity (Wildman–Crippen MR) is 268 cm³/mol. The first-order valence-electron chi connectivity index (χ1n) is 26.8. The van der Waals surface area contributed by atoms with E-state index in [-0.39, 0.29) is 72.5 Å². The van der Waals surface area contributed by atoms with Crippen molar-refractivity contribution in [2.45, 2.75) is 209 Å². The van der Waals surface area contributed by atoms with Crippen molar-refractivity contribution in [3.05, 3.63) is 29.8 Å². The Morgan fingerprint density at radius 3 is 1.29 bits per heavy atom. The summed E-state index contributed by atoms with van der Waals surface area (Å²) < 4.78 is 0. The Kier molecular flexibility index (Phi) is 23.7. The molecule has 0 spiro atoms. The van der Waals surface area contributed by atoms with E-state index in [1.165, 1.54) is 0 Å². The number of aromatic hydroxyl groups is 1. The highest BCUT2D eigenvalue weighted by molar-refractivity contribution is 5.86. The Balaban J connectivity index is 1.15. The van der Waals surface area contributed by atoms with Crippen LogP contribution in [0.1, 0.15) is 166 Å². The van der Waals surface area contributed by atoms with E-state index in [4.69, 9.17) is 22.9 Å². The van der Waals surface area contributed by atoms with Crippen LogP contribution in [0, 0.1) is 23.7 Å². The number of hydrogen-bond donors (Lipinski definition) is 11. The minimum Gasteiger partial charge on any atom is -0.508 e. The Bertz CT molecular complexity index is 1850. The number of benzene rings is 1. The second-order valence-corrected chi connectivity index (χ2v) is 20.8. The highest BCUT2D eigenvalue weighted by Crippen LogP contribution is 2.31. The summed E-state index contributed by atoms with van der Waals surface area (Å²) in [6.45, 7) is 0.993. The lowest BCUT2D eigenvalue weighted by Crippen LogP contribution is -2.55. The number of nitrogens with two attached hydrogens (primary N) is 4. The van der Waals surface area contributed by atoms with E-state index in [1.54, 1.807) is 24.3 Å². The molecule has 4 saturated carbocycles. The van der Waals surface area contributed by atoms with Crippen LogP contribution in [0.25, 0.3) is 0 Å². The van der Waals surface area contributed by atoms with Crippen molar-refractivity contribution in [2.24, 2.45) is 46.6 Å². The van der Waals surface area contributed by atoms with Crippen LogP contribution >= 0.6 is 0 Å². The molecule has 0 aliphatic heterocycles. The van der Waals surface area contributed by atoms with Gasteiger partial charge in [0.15, 0.2) is 0 Å². The van der Waals surface area contributed by atoms with E-state index in [0.29, 0.717) is 90.1 Å². The van der Waals surface area contributed by atoms with Gasteiger partial charge in [-0.05, 0) is 114 Å². The van der Waals surface area contributed by atoms with E-state index < -0.39 is 59.8 Å². The third-order valence-electron chi connectivity index (χ3n) is 15.2. The van der Waals surface area contributed by atoms with Gasteiger partial charge in [0.2, 0.25) is 41.4 Å². The smallest absolute Gasteiger partial charge is 0.225 e. The van der Waals surface area contributed by atoms with Crippen LogP contribution in [0.15, 0.2) is 24.3 Å². The van der Waals surface area contributed by atoms with Gasteiger partial charge in [-0.1, -0.05) is 76.3 Å². The van der Waals surface area contributed by atoms with Gasteiger partial charge < -0.3 is 59.9 Å². The first-order chi connectivity index (χ1) is 33.7. The number of amides is 7. The quantitative estimate of drug-likeness (QED) is 0.0600. The molecule has 4 fully saturated rings. The fraction of sp³-hybridized carbons (Fsp3) is 0.750. The number of nitrogens with one attached hydrogen (secondary N) is 6. The largest absolute Gasteiger partial charge is 0.508 e. The van der Waals surface area contributed by atoms with E-state index in [0.717, 1.165) is 76.2 Å². The lowest BCUT2D eigenvalue weighted by atomic mass is 9.80. The molecule has 4 aliphatic carbocycles. The molecule has 18 heteroatoms. The molecule has 0 saturated heterocycles. The van der Waals surface area contributed by atoms with Crippen LogP contribution in [0.4, 0.5) is 0 Å². The number of phenols is 1. The van der Waals surface area contributed by atoms with Gasteiger partial charge in [-0.3, -0.25) is 33.6 Å². The zero-order valence-corrected chi connectivity index (χ0v) is 41.6. The number of primary amides is 1. The zero-order valence-electron chi connectivity index (χ0n) is 41.6. The maximum atomic E-state index is 14.2. The van der Waals surface area contributed by atoms with Gasteiger partial charge in [-0.15, -0.1) is 0 Å². The van der Waals surface area contributed by atoms with Gasteiger partial charge in [-0.25, -0.2) is 0 Å². The first kappa shape index (κ1) is 56.1. The molecule has 15 N–H and O–H groups in total. The van der Waals surface area contributed by atoms with Crippen LogP contribution in [0.3, 0.4) is 0 Å². The fourth-order valence-corrected chi connectivity index (χ4v) is 11.4. The summed E-state index contributed by atoms with van der Waals surface area (Å²) >= 11 is 0. The number of carbonyl (C=O) groups excluding carboxylic acids is 7. The van der Waals surface area contributed by atoms with Crippen molar-refractivity contribution in [3.63, 3.8) is 0 Å². The molecule has 4 aliphatic rings. The van der Waals surface area contributed by atoms with Gasteiger partial charge in [0, 0.05) is 61.6 Å². The van der Waals surface area contributed by atoms with Crippen LogP contribution < -0.4 is 54.8 Å². The molecule has 0 bridgehead atoms. The lowest BCUT2D eigenvalue weighted by molar-refractivity contribution is -0.133. The maximum absolute atomic E-state index is 14.2. The number of rotatable bonds is 26. The Morgan fingerprint density at radius 2 is 0.871 bits per heavy atom. The molecule has 0 radical (unpaired) electrons. The highest BCUT2D eigenvalue weighted by atomic mass is 16.3. The van der Waals surface area contributed by atoms with Crippen molar-refractivity contribution in [1.29, 1.82) is 0 Å². The predicted octanol–water partition coefficient (Wildman–Crippen LogP) is 2.85. The molecule has 0 aromatic heterocycles. The average Bonchev–Trinajstić information content (AvgIpc) is 3.32. The molecule has 7 amide bonds. The Labute approximate surface area is 415 Å².